The predicted molar refractivity (Wildman–Crippen MR) is 93.3 cm³/mol. The summed E-state index contributed by atoms with van der Waals surface area (Å²) in [6.45, 7) is 14.0. The van der Waals surface area contributed by atoms with E-state index in [0.29, 0.717) is 11.7 Å². The summed E-state index contributed by atoms with van der Waals surface area (Å²) in [6.07, 6.45) is 12.1. The van der Waals surface area contributed by atoms with Crippen LogP contribution in [0.15, 0.2) is 29.2 Å². The fraction of sp³-hybridized carbons (Fsp3) is 0.700. The molecule has 1 saturated heterocycles. The van der Waals surface area contributed by atoms with Gasteiger partial charge in [-0.1, -0.05) is 33.6 Å². The number of allylic oxidation sites excluding steroid dienone is 4. The molecule has 1 aliphatic heterocycles. The first-order valence-corrected chi connectivity index (χ1v) is 9.05. The topological polar surface area (TPSA) is 12.5 Å². The van der Waals surface area contributed by atoms with Crippen LogP contribution in [0, 0.1) is 12.0 Å². The summed E-state index contributed by atoms with van der Waals surface area (Å²) >= 11 is 0. The van der Waals surface area contributed by atoms with Crippen molar-refractivity contribution < 1.29 is 4.74 Å². The molecule has 0 aromatic rings. The van der Waals surface area contributed by atoms with Crippen molar-refractivity contribution in [3.8, 4) is 0 Å². The number of rotatable bonds is 7. The van der Waals surface area contributed by atoms with Crippen LogP contribution in [0.1, 0.15) is 65.7 Å². The van der Waals surface area contributed by atoms with E-state index in [-0.39, 0.29) is 0 Å². The summed E-state index contributed by atoms with van der Waals surface area (Å²) in [7, 11) is 0. The van der Waals surface area contributed by atoms with Crippen molar-refractivity contribution in [3.05, 3.63) is 35.3 Å². The Morgan fingerprint density at radius 1 is 1.17 bits per heavy atom. The van der Waals surface area contributed by atoms with E-state index in [2.05, 4.69) is 38.3 Å². The molecule has 0 aromatic heterocycles. The van der Waals surface area contributed by atoms with Crippen LogP contribution in [-0.2, 0) is 4.74 Å². The van der Waals surface area contributed by atoms with Crippen molar-refractivity contribution in [2.75, 3.05) is 19.7 Å². The van der Waals surface area contributed by atoms with Crippen LogP contribution in [0.3, 0.4) is 0 Å². The zero-order valence-electron chi connectivity index (χ0n) is 15.1. The standard InChI is InChI=1S/C20H32NO.Cm/c1-5-18(6-2)15-22-16(3)14-19-10-11-20(17(19)4)21-12-8-7-9-13-21;/h18H,3,5-13,15H2,1-2,4H3;/q-1;. The Morgan fingerprint density at radius 2 is 1.83 bits per heavy atom. The zero-order valence-corrected chi connectivity index (χ0v) is 18.0. The Morgan fingerprint density at radius 3 is 2.43 bits per heavy atom. The molecule has 0 atom stereocenters. The summed E-state index contributed by atoms with van der Waals surface area (Å²) in [5.74, 6) is 1.34. The molecule has 0 N–H and O–H groups in total. The second-order valence-corrected chi connectivity index (χ2v) is 6.64. The Labute approximate surface area is 136 Å². The Hall–Kier alpha value is -2.18. The van der Waals surface area contributed by atoms with Crippen LogP contribution in [0.4, 0.5) is 0 Å². The molecule has 2 rings (SSSR count). The molecule has 0 saturated carbocycles. The van der Waals surface area contributed by atoms with Crippen molar-refractivity contribution in [3.63, 3.8) is 0 Å². The number of nitrogens with zero attached hydrogens (tertiary/aromatic N) is 1. The van der Waals surface area contributed by atoms with Gasteiger partial charge in [0.25, 0.3) is 0 Å². The molecule has 0 aromatic carbocycles. The SMILES string of the molecule is C=C([C-]=C1CCC(N2CCCCC2)=C1C)OCC(CC)CC.[Cm]. The van der Waals surface area contributed by atoms with E-state index in [0.717, 1.165) is 19.4 Å². The summed E-state index contributed by atoms with van der Waals surface area (Å²) in [5.41, 5.74) is 4.25. The summed E-state index contributed by atoms with van der Waals surface area (Å²) < 4.78 is 5.81. The first kappa shape index (κ1) is 18.9. The number of piperidine rings is 1. The van der Waals surface area contributed by atoms with Gasteiger partial charge in [-0.15, -0.1) is 11.6 Å². The number of ether oxygens (including phenoxy) is 1. The molecular formula is C20H32CmNO-. The van der Waals surface area contributed by atoms with Gasteiger partial charge in [0.1, 0.15) is 0 Å². The van der Waals surface area contributed by atoms with E-state index in [1.165, 1.54) is 62.0 Å². The maximum absolute atomic E-state index is 5.81. The quantitative estimate of drug-likeness (QED) is 0.319. The molecule has 0 radical (unpaired) electrons. The first-order chi connectivity index (χ1) is 10.7. The van der Waals surface area contributed by atoms with Crippen molar-refractivity contribution in [1.29, 1.82) is 0 Å². The van der Waals surface area contributed by atoms with Crippen LogP contribution < -0.4 is 0 Å². The van der Waals surface area contributed by atoms with E-state index >= 15 is 0 Å². The summed E-state index contributed by atoms with van der Waals surface area (Å²) in [6, 6.07) is 0. The van der Waals surface area contributed by atoms with Gasteiger partial charge in [-0.2, -0.15) is 12.2 Å². The normalized spacial score (nSPS) is 20.2. The number of hydrogen-bond acceptors (Lipinski definition) is 2. The van der Waals surface area contributed by atoms with E-state index < -0.39 is 0 Å². The van der Waals surface area contributed by atoms with Gasteiger partial charge < -0.3 is 9.64 Å². The van der Waals surface area contributed by atoms with Crippen molar-refractivity contribution in [2.45, 2.75) is 65.7 Å². The minimum Gasteiger partial charge on any atom is -0.520 e. The number of hydrogen-bond donors (Lipinski definition) is 0. The van der Waals surface area contributed by atoms with Crippen molar-refractivity contribution >= 4 is 0 Å². The molecule has 23 heavy (non-hydrogen) atoms. The molecule has 1 heterocycles. The van der Waals surface area contributed by atoms with E-state index in [1.807, 2.05) is 0 Å². The minimum atomic E-state index is 0. The molecule has 1 aliphatic carbocycles. The van der Waals surface area contributed by atoms with Crippen LogP contribution in [0.5, 0.6) is 0 Å². The molecule has 2 aliphatic rings. The van der Waals surface area contributed by atoms with Crippen LogP contribution in [-0.4, -0.2) is 24.6 Å². The molecule has 0 amide bonds. The van der Waals surface area contributed by atoms with Gasteiger partial charge in [-0.25, -0.2) is 0 Å². The Bertz CT molecular complexity index is 443. The second kappa shape index (κ2) is 9.07. The maximum atomic E-state index is 5.81. The first-order valence-electron chi connectivity index (χ1n) is 9.05. The van der Waals surface area contributed by atoms with Crippen LogP contribution in [0.2, 0.25) is 0 Å². The molecule has 2 nitrogen and oxygen atoms in total. The third-order valence-corrected chi connectivity index (χ3v) is 5.17. The molecule has 3 heteroatoms. The number of likely N-dealkylation sites (tertiary alicyclic amines) is 1. The molecule has 0 bridgehead atoms. The Kier molecular flexibility index (Phi) is 7.44. The average Bonchev–Trinajstić information content (AvgIpc) is 2.90. The average molecular weight is 549 g/mol. The van der Waals surface area contributed by atoms with Crippen LogP contribution in [0.25, 0.3) is 0 Å². The summed E-state index contributed by atoms with van der Waals surface area (Å²) in [4.78, 5) is 2.58. The van der Waals surface area contributed by atoms with E-state index in [9.17, 15) is 0 Å². The third-order valence-electron chi connectivity index (χ3n) is 5.17. The fourth-order valence-corrected chi connectivity index (χ4v) is 3.46. The van der Waals surface area contributed by atoms with Gasteiger partial charge >= 0.3 is 0 Å². The largest absolute Gasteiger partial charge is 0.520 e. The molecule has 0 unspecified atom stereocenters. The van der Waals surface area contributed by atoms with Gasteiger partial charge in [0.15, 0.2) is 0 Å². The van der Waals surface area contributed by atoms with Gasteiger partial charge in [-0.05, 0) is 43.7 Å². The molecule has 1 fully saturated rings. The van der Waals surface area contributed by atoms with Gasteiger partial charge in [0.2, 0.25) is 0 Å². The Balaban J connectivity index is 0.00000264. The molecule has 0 spiro atoms. The van der Waals surface area contributed by atoms with E-state index in [4.69, 9.17) is 4.74 Å². The molecule has 132 valence electrons. The monoisotopic (exact) mass is 545 g/mol. The van der Waals surface area contributed by atoms with Crippen molar-refractivity contribution in [1.82, 2.24) is 4.90 Å². The minimum absolute atomic E-state index is 0. The smallest absolute Gasteiger partial charge is 0.0878 e. The predicted octanol–water partition coefficient (Wildman–Crippen LogP) is 5.24. The van der Waals surface area contributed by atoms with Gasteiger partial charge in [-0.3, -0.25) is 0 Å². The van der Waals surface area contributed by atoms with Gasteiger partial charge in [0, 0.05) is 18.8 Å². The fourth-order valence-electron chi connectivity index (χ4n) is 3.46. The maximum Gasteiger partial charge on any atom is 0.0878 e. The molecular weight excluding hydrogens is 517 g/mol. The van der Waals surface area contributed by atoms with Crippen LogP contribution >= 0.6 is 0 Å². The summed E-state index contributed by atoms with van der Waals surface area (Å²) in [5, 5.41) is 0. The third kappa shape index (κ3) is 4.91. The second-order valence-electron chi connectivity index (χ2n) is 6.64. The van der Waals surface area contributed by atoms with Gasteiger partial charge in [0.05, 0.1) is 6.61 Å². The zero-order chi connectivity index (χ0) is 15.9. The van der Waals surface area contributed by atoms with E-state index in [1.54, 1.807) is 0 Å². The van der Waals surface area contributed by atoms with Crippen molar-refractivity contribution in [2.24, 2.45) is 5.92 Å².